The quantitative estimate of drug-likeness (QED) is 0.805. The average Bonchev–Trinajstić information content (AvgIpc) is 2.98. The first-order valence-corrected chi connectivity index (χ1v) is 7.29. The number of rotatable bonds is 3. The highest BCUT2D eigenvalue weighted by atomic mass is 35.5. The Morgan fingerprint density at radius 3 is 2.82 bits per heavy atom. The number of aryl methyl sites for hydroxylation is 1. The van der Waals surface area contributed by atoms with Gasteiger partial charge in [-0.2, -0.15) is 4.98 Å². The summed E-state index contributed by atoms with van der Waals surface area (Å²) in [5.41, 5.74) is 5.08. The molecule has 2 aromatic heterocycles. The summed E-state index contributed by atoms with van der Waals surface area (Å²) in [5, 5.41) is 2.99. The first-order valence-electron chi connectivity index (χ1n) is 6.92. The molecular weight excluding hydrogens is 302 g/mol. The van der Waals surface area contributed by atoms with E-state index in [1.807, 2.05) is 20.9 Å². The molecule has 0 bridgehead atoms. The zero-order valence-corrected chi connectivity index (χ0v) is 13.4. The van der Waals surface area contributed by atoms with Gasteiger partial charge < -0.3 is 14.3 Å². The zero-order chi connectivity index (χ0) is 15.9. The minimum absolute atomic E-state index is 0.0722. The molecule has 6 heteroatoms. The van der Waals surface area contributed by atoms with Crippen molar-refractivity contribution in [2.75, 3.05) is 0 Å². The molecule has 22 heavy (non-hydrogen) atoms. The predicted octanol–water partition coefficient (Wildman–Crippen LogP) is 3.37. The van der Waals surface area contributed by atoms with Crippen molar-refractivity contribution in [1.82, 2.24) is 14.9 Å². The van der Waals surface area contributed by atoms with E-state index in [-0.39, 0.29) is 11.3 Å². The Hall–Kier alpha value is -2.27. The van der Waals surface area contributed by atoms with Crippen molar-refractivity contribution in [3.63, 3.8) is 0 Å². The smallest absolute Gasteiger partial charge is 0.293 e. The van der Waals surface area contributed by atoms with E-state index < -0.39 is 0 Å². The fourth-order valence-electron chi connectivity index (χ4n) is 2.43. The van der Waals surface area contributed by atoms with E-state index in [2.05, 4.69) is 20.9 Å². The van der Waals surface area contributed by atoms with E-state index in [0.717, 1.165) is 11.3 Å². The van der Waals surface area contributed by atoms with Crippen LogP contribution in [0.15, 0.2) is 28.7 Å². The summed E-state index contributed by atoms with van der Waals surface area (Å²) in [6.45, 7) is 4.57. The first-order chi connectivity index (χ1) is 10.5. The average molecular weight is 318 g/mol. The number of hydrogen-bond donors (Lipinski definition) is 1. The lowest BCUT2D eigenvalue weighted by molar-refractivity contribution is 0.0951. The maximum atomic E-state index is 12.3. The molecule has 114 valence electrons. The number of hydrogen-bond acceptors (Lipinski definition) is 3. The lowest BCUT2D eigenvalue weighted by Gasteiger charge is -2.06. The van der Waals surface area contributed by atoms with Gasteiger partial charge in [-0.05, 0) is 55.3 Å². The Morgan fingerprint density at radius 2 is 2.14 bits per heavy atom. The van der Waals surface area contributed by atoms with Gasteiger partial charge in [-0.25, -0.2) is 0 Å². The number of nitrogens with one attached hydrogen (secondary N) is 1. The van der Waals surface area contributed by atoms with Gasteiger partial charge in [0.05, 0.1) is 0 Å². The van der Waals surface area contributed by atoms with Crippen molar-refractivity contribution in [2.24, 2.45) is 7.05 Å². The van der Waals surface area contributed by atoms with E-state index >= 15 is 0 Å². The third kappa shape index (κ3) is 2.60. The van der Waals surface area contributed by atoms with Crippen LogP contribution >= 0.6 is 11.6 Å². The summed E-state index contributed by atoms with van der Waals surface area (Å²) in [6.07, 6.45) is 0. The summed E-state index contributed by atoms with van der Waals surface area (Å²) in [6, 6.07) is 7.15. The highest BCUT2D eigenvalue weighted by molar-refractivity contribution is 6.28. The highest BCUT2D eigenvalue weighted by Gasteiger charge is 2.11. The minimum atomic E-state index is -0.157. The highest BCUT2D eigenvalue weighted by Crippen LogP contribution is 2.20. The SMILES string of the molecule is Cc1cc(CNC(=O)c2ccc3nc(Cl)oc3c2)c(C)n1C. The van der Waals surface area contributed by atoms with E-state index in [9.17, 15) is 4.79 Å². The van der Waals surface area contributed by atoms with Crippen LogP contribution in [0.5, 0.6) is 0 Å². The van der Waals surface area contributed by atoms with Crippen LogP contribution in [0.3, 0.4) is 0 Å². The lowest BCUT2D eigenvalue weighted by Crippen LogP contribution is -2.22. The molecule has 5 nitrogen and oxygen atoms in total. The molecular formula is C16H16ClN3O2. The number of halogens is 1. The molecule has 0 unspecified atom stereocenters. The van der Waals surface area contributed by atoms with Crippen LogP contribution in [-0.2, 0) is 13.6 Å². The molecule has 2 heterocycles. The van der Waals surface area contributed by atoms with E-state index in [1.54, 1.807) is 18.2 Å². The van der Waals surface area contributed by atoms with Crippen LogP contribution in [0.25, 0.3) is 11.1 Å². The molecule has 0 saturated carbocycles. The van der Waals surface area contributed by atoms with Gasteiger partial charge in [0.1, 0.15) is 5.52 Å². The van der Waals surface area contributed by atoms with Gasteiger partial charge in [0, 0.05) is 30.5 Å². The van der Waals surface area contributed by atoms with Crippen LogP contribution in [0.4, 0.5) is 0 Å². The second-order valence-electron chi connectivity index (χ2n) is 5.29. The van der Waals surface area contributed by atoms with E-state index in [0.29, 0.717) is 23.2 Å². The van der Waals surface area contributed by atoms with E-state index in [1.165, 1.54) is 5.69 Å². The summed E-state index contributed by atoms with van der Waals surface area (Å²) >= 11 is 5.71. The molecule has 1 aromatic carbocycles. The number of benzene rings is 1. The lowest BCUT2D eigenvalue weighted by atomic mass is 10.2. The number of carbonyl (C=O) groups excluding carboxylic acids is 1. The van der Waals surface area contributed by atoms with Crippen molar-refractivity contribution in [2.45, 2.75) is 20.4 Å². The molecule has 1 amide bonds. The van der Waals surface area contributed by atoms with Crippen LogP contribution in [0.1, 0.15) is 27.3 Å². The third-order valence-corrected chi connectivity index (χ3v) is 4.11. The predicted molar refractivity (Wildman–Crippen MR) is 85.1 cm³/mol. The van der Waals surface area contributed by atoms with Crippen LogP contribution < -0.4 is 5.32 Å². The number of oxazole rings is 1. The minimum Gasteiger partial charge on any atom is -0.428 e. The summed E-state index contributed by atoms with van der Waals surface area (Å²) < 4.78 is 7.33. The van der Waals surface area contributed by atoms with Crippen molar-refractivity contribution in [1.29, 1.82) is 0 Å². The monoisotopic (exact) mass is 317 g/mol. The Morgan fingerprint density at radius 1 is 1.36 bits per heavy atom. The normalized spacial score (nSPS) is 11.1. The molecule has 3 aromatic rings. The molecule has 0 fully saturated rings. The maximum absolute atomic E-state index is 12.3. The van der Waals surface area contributed by atoms with Crippen LogP contribution in [0.2, 0.25) is 5.35 Å². The van der Waals surface area contributed by atoms with Gasteiger partial charge in [0.15, 0.2) is 5.58 Å². The van der Waals surface area contributed by atoms with E-state index in [4.69, 9.17) is 16.0 Å². The molecule has 0 aliphatic rings. The molecule has 0 atom stereocenters. The fraction of sp³-hybridized carbons (Fsp3) is 0.250. The molecule has 0 spiro atoms. The number of aromatic nitrogens is 2. The topological polar surface area (TPSA) is 60.1 Å². The first kappa shape index (κ1) is 14.7. The molecule has 0 radical (unpaired) electrons. The molecule has 0 aliphatic heterocycles. The Labute approximate surface area is 132 Å². The third-order valence-electron chi connectivity index (χ3n) is 3.94. The van der Waals surface area contributed by atoms with Gasteiger partial charge >= 0.3 is 0 Å². The van der Waals surface area contributed by atoms with Crippen LogP contribution in [-0.4, -0.2) is 15.5 Å². The van der Waals surface area contributed by atoms with Gasteiger partial charge in [-0.3, -0.25) is 4.79 Å². The Kier molecular flexibility index (Phi) is 3.66. The summed E-state index contributed by atoms with van der Waals surface area (Å²) in [5.74, 6) is -0.157. The van der Waals surface area contributed by atoms with Crippen LogP contribution in [0, 0.1) is 13.8 Å². The zero-order valence-electron chi connectivity index (χ0n) is 12.6. The Bertz CT molecular complexity index is 864. The summed E-state index contributed by atoms with van der Waals surface area (Å²) in [4.78, 5) is 16.3. The van der Waals surface area contributed by atoms with Gasteiger partial charge in [-0.15, -0.1) is 0 Å². The number of nitrogens with zero attached hydrogens (tertiary/aromatic N) is 2. The number of amides is 1. The summed E-state index contributed by atoms with van der Waals surface area (Å²) in [7, 11) is 2.01. The second kappa shape index (κ2) is 5.50. The Balaban J connectivity index is 1.76. The number of fused-ring (bicyclic) bond motifs is 1. The standard InChI is InChI=1S/C16H16ClN3O2/c1-9-6-12(10(2)20(9)3)8-18-15(21)11-4-5-13-14(7-11)22-16(17)19-13/h4-7H,8H2,1-3H3,(H,18,21). The number of carbonyl (C=O) groups is 1. The fourth-order valence-corrected chi connectivity index (χ4v) is 2.60. The molecule has 0 aliphatic carbocycles. The molecule has 0 saturated heterocycles. The van der Waals surface area contributed by atoms with Crippen molar-refractivity contribution >= 4 is 28.6 Å². The van der Waals surface area contributed by atoms with Crippen molar-refractivity contribution in [3.05, 3.63) is 52.1 Å². The maximum Gasteiger partial charge on any atom is 0.293 e. The van der Waals surface area contributed by atoms with Crippen molar-refractivity contribution < 1.29 is 9.21 Å². The van der Waals surface area contributed by atoms with Crippen molar-refractivity contribution in [3.8, 4) is 0 Å². The van der Waals surface area contributed by atoms with Gasteiger partial charge in [0.25, 0.3) is 11.3 Å². The largest absolute Gasteiger partial charge is 0.428 e. The van der Waals surface area contributed by atoms with Gasteiger partial charge in [0.2, 0.25) is 0 Å². The molecule has 1 N–H and O–H groups in total. The second-order valence-corrected chi connectivity index (χ2v) is 5.61. The van der Waals surface area contributed by atoms with Gasteiger partial charge in [-0.1, -0.05) is 0 Å². The molecule has 3 rings (SSSR count).